The lowest BCUT2D eigenvalue weighted by atomic mass is 10.2. The number of amides is 1. The summed E-state index contributed by atoms with van der Waals surface area (Å²) in [7, 11) is -16.3. The van der Waals surface area contributed by atoms with Gasteiger partial charge in [-0.2, -0.15) is 16.8 Å². The second kappa shape index (κ2) is 17.1. The standard InChI is InChI=1S/C26H34N4O15S4/c1-18(31)27-23-16-19(30(10-8-25(32)44-2)11-9-26(33)45-3)4-6-21(23)28-29-22-7-5-20(46(34,35)12-14-48(38,39)40)17-24(22)47(36,37)13-15-49(41,42)43/h4-7,16-17H,8-15H2,1-3H3,(H,27,31)(H,38,39,40)(H,41,42,43). The van der Waals surface area contributed by atoms with Gasteiger partial charge in [0.1, 0.15) is 11.4 Å². The molecule has 3 N–H and O–H groups in total. The van der Waals surface area contributed by atoms with Gasteiger partial charge in [-0.15, -0.1) is 10.2 Å². The minimum Gasteiger partial charge on any atom is -0.469 e. The average molecular weight is 771 g/mol. The van der Waals surface area contributed by atoms with Gasteiger partial charge >= 0.3 is 11.9 Å². The fourth-order valence-electron chi connectivity index (χ4n) is 3.91. The van der Waals surface area contributed by atoms with E-state index in [1.165, 1.54) is 39.3 Å². The number of nitrogens with zero attached hydrogens (tertiary/aromatic N) is 3. The highest BCUT2D eigenvalue weighted by molar-refractivity contribution is 7.94. The van der Waals surface area contributed by atoms with Crippen molar-refractivity contribution in [2.45, 2.75) is 29.6 Å². The van der Waals surface area contributed by atoms with Crippen LogP contribution >= 0.6 is 0 Å². The van der Waals surface area contributed by atoms with E-state index in [1.807, 2.05) is 0 Å². The molecule has 0 radical (unpaired) electrons. The molecule has 0 spiro atoms. The Bertz CT molecular complexity index is 2010. The summed E-state index contributed by atoms with van der Waals surface area (Å²) in [6, 6.07) is 6.66. The normalized spacial score (nSPS) is 12.4. The maximum absolute atomic E-state index is 13.2. The highest BCUT2D eigenvalue weighted by Crippen LogP contribution is 2.35. The first-order valence-corrected chi connectivity index (χ1v) is 20.3. The first-order valence-electron chi connectivity index (χ1n) is 13.8. The maximum atomic E-state index is 13.2. The summed E-state index contributed by atoms with van der Waals surface area (Å²) in [4.78, 5) is 35.7. The topological polar surface area (TPSA) is 287 Å². The number of methoxy groups -OCH3 is 2. The van der Waals surface area contributed by atoms with Crippen LogP contribution in [0.3, 0.4) is 0 Å². The number of nitrogens with one attached hydrogen (secondary N) is 1. The Morgan fingerprint density at radius 2 is 1.20 bits per heavy atom. The van der Waals surface area contributed by atoms with Crippen LogP contribution in [-0.2, 0) is 63.8 Å². The molecular weight excluding hydrogens is 737 g/mol. The Hall–Kier alpha value is -4.03. The highest BCUT2D eigenvalue weighted by Gasteiger charge is 2.26. The largest absolute Gasteiger partial charge is 0.469 e. The van der Waals surface area contributed by atoms with Crippen molar-refractivity contribution in [2.24, 2.45) is 10.2 Å². The average Bonchev–Trinajstić information content (AvgIpc) is 3.01. The van der Waals surface area contributed by atoms with Crippen LogP contribution in [0, 0.1) is 0 Å². The molecule has 0 aliphatic carbocycles. The molecule has 0 bridgehead atoms. The molecule has 0 saturated heterocycles. The zero-order valence-corrected chi connectivity index (χ0v) is 29.6. The number of ether oxygens (including phenoxy) is 2. The lowest BCUT2D eigenvalue weighted by Gasteiger charge is -2.25. The van der Waals surface area contributed by atoms with E-state index in [0.29, 0.717) is 11.8 Å². The van der Waals surface area contributed by atoms with Gasteiger partial charge in [-0.05, 0) is 36.4 Å². The summed E-state index contributed by atoms with van der Waals surface area (Å²) in [5.74, 6) is -6.42. The molecule has 0 heterocycles. The highest BCUT2D eigenvalue weighted by atomic mass is 32.2. The van der Waals surface area contributed by atoms with Crippen LogP contribution in [0.5, 0.6) is 0 Å². The molecule has 2 aromatic rings. The Balaban J connectivity index is 2.66. The van der Waals surface area contributed by atoms with Crippen LogP contribution in [-0.4, -0.2) is 111 Å². The molecule has 2 rings (SSSR count). The van der Waals surface area contributed by atoms with Gasteiger partial charge in [0.25, 0.3) is 20.2 Å². The Labute approximate surface area is 283 Å². The van der Waals surface area contributed by atoms with E-state index in [1.54, 1.807) is 4.90 Å². The first kappa shape index (κ1) is 41.1. The molecule has 0 unspecified atom stereocenters. The molecule has 2 aromatic carbocycles. The fourth-order valence-corrected chi connectivity index (χ4v) is 9.19. The second-order valence-corrected chi connectivity index (χ2v) is 17.4. The number of anilines is 2. The molecule has 0 saturated carbocycles. The molecule has 0 aromatic heterocycles. The zero-order valence-electron chi connectivity index (χ0n) is 26.3. The minimum atomic E-state index is -4.79. The van der Waals surface area contributed by atoms with E-state index in [2.05, 4.69) is 25.0 Å². The van der Waals surface area contributed by atoms with Gasteiger partial charge in [0.2, 0.25) is 5.91 Å². The van der Waals surface area contributed by atoms with Gasteiger partial charge in [0, 0.05) is 25.7 Å². The number of carbonyl (C=O) groups excluding carboxylic acids is 3. The van der Waals surface area contributed by atoms with Crippen LogP contribution in [0.2, 0.25) is 0 Å². The molecule has 1 amide bonds. The molecule has 0 fully saturated rings. The van der Waals surface area contributed by atoms with E-state index in [0.717, 1.165) is 12.1 Å². The Kier molecular flexibility index (Phi) is 14.3. The summed E-state index contributed by atoms with van der Waals surface area (Å²) in [6.45, 7) is 1.36. The molecular formula is C26H34N4O15S4. The van der Waals surface area contributed by atoms with Crippen molar-refractivity contribution in [3.8, 4) is 0 Å². The van der Waals surface area contributed by atoms with Gasteiger partial charge in [-0.3, -0.25) is 23.5 Å². The van der Waals surface area contributed by atoms with Crippen molar-refractivity contribution >= 4 is 80.5 Å². The van der Waals surface area contributed by atoms with Crippen LogP contribution in [0.15, 0.2) is 56.4 Å². The fraction of sp³-hybridized carbons (Fsp3) is 0.423. The van der Waals surface area contributed by atoms with Crippen LogP contribution in [0.1, 0.15) is 19.8 Å². The third kappa shape index (κ3) is 13.8. The van der Waals surface area contributed by atoms with Crippen molar-refractivity contribution in [1.29, 1.82) is 0 Å². The lowest BCUT2D eigenvalue weighted by molar-refractivity contribution is -0.140. The number of hydrogen-bond donors (Lipinski definition) is 3. The Morgan fingerprint density at radius 1 is 0.714 bits per heavy atom. The summed E-state index contributed by atoms with van der Waals surface area (Å²) in [5, 5.41) is 10.4. The van der Waals surface area contributed by atoms with Crippen molar-refractivity contribution in [1.82, 2.24) is 0 Å². The van der Waals surface area contributed by atoms with E-state index in [-0.39, 0.29) is 37.3 Å². The van der Waals surface area contributed by atoms with Crippen LogP contribution in [0.4, 0.5) is 22.7 Å². The molecule has 19 nitrogen and oxygen atoms in total. The third-order valence-electron chi connectivity index (χ3n) is 6.39. The number of rotatable bonds is 18. The van der Waals surface area contributed by atoms with Gasteiger partial charge in [-0.1, -0.05) is 0 Å². The van der Waals surface area contributed by atoms with E-state index >= 15 is 0 Å². The van der Waals surface area contributed by atoms with Crippen LogP contribution < -0.4 is 10.2 Å². The molecule has 272 valence electrons. The summed E-state index contributed by atoms with van der Waals surface area (Å²) < 4.78 is 124. The monoisotopic (exact) mass is 770 g/mol. The zero-order chi connectivity index (χ0) is 37.2. The molecule has 0 atom stereocenters. The smallest absolute Gasteiger partial charge is 0.307 e. The number of esters is 2. The number of carbonyl (C=O) groups is 3. The predicted octanol–water partition coefficient (Wildman–Crippen LogP) is 1.32. The number of azo groups is 1. The molecule has 0 aliphatic rings. The van der Waals surface area contributed by atoms with Crippen molar-refractivity contribution in [3.05, 3.63) is 36.4 Å². The van der Waals surface area contributed by atoms with Gasteiger partial charge in [0.05, 0.1) is 65.6 Å². The molecule has 49 heavy (non-hydrogen) atoms. The van der Waals surface area contributed by atoms with E-state index < -0.39 is 96.2 Å². The van der Waals surface area contributed by atoms with Gasteiger partial charge in [-0.25, -0.2) is 16.8 Å². The summed E-state index contributed by atoms with van der Waals surface area (Å²) >= 11 is 0. The number of hydrogen-bond acceptors (Lipinski definition) is 16. The van der Waals surface area contributed by atoms with E-state index in [9.17, 15) is 48.1 Å². The van der Waals surface area contributed by atoms with Gasteiger partial charge < -0.3 is 19.7 Å². The quantitative estimate of drug-likeness (QED) is 0.109. The van der Waals surface area contributed by atoms with Crippen molar-refractivity contribution < 1.29 is 66.6 Å². The maximum Gasteiger partial charge on any atom is 0.307 e. The lowest BCUT2D eigenvalue weighted by Crippen LogP contribution is -2.29. The van der Waals surface area contributed by atoms with Gasteiger partial charge in [0.15, 0.2) is 19.7 Å². The third-order valence-corrected chi connectivity index (χ3v) is 11.8. The summed E-state index contributed by atoms with van der Waals surface area (Å²) in [5.41, 5.74) is -0.107. The second-order valence-electron chi connectivity index (χ2n) is 10.1. The first-order chi connectivity index (χ1) is 22.6. The van der Waals surface area contributed by atoms with Crippen molar-refractivity contribution in [2.75, 3.05) is 60.5 Å². The number of sulfone groups is 2. The molecule has 0 aliphatic heterocycles. The number of benzene rings is 2. The predicted molar refractivity (Wildman–Crippen MR) is 174 cm³/mol. The Morgan fingerprint density at radius 3 is 1.69 bits per heavy atom. The summed E-state index contributed by atoms with van der Waals surface area (Å²) in [6.07, 6.45) is -0.129. The van der Waals surface area contributed by atoms with Crippen molar-refractivity contribution in [3.63, 3.8) is 0 Å². The van der Waals surface area contributed by atoms with E-state index in [4.69, 9.17) is 9.11 Å². The SMILES string of the molecule is COC(=O)CCN(CCC(=O)OC)c1ccc(N=Nc2ccc(S(=O)(=O)CCS(=O)(=O)O)cc2S(=O)(=O)CCS(=O)(=O)O)c(NC(C)=O)c1. The van der Waals surface area contributed by atoms with Crippen LogP contribution in [0.25, 0.3) is 0 Å². The minimum absolute atomic E-state index is 0.0371. The molecule has 23 heteroatoms.